The molecule has 7 aliphatic rings. The Morgan fingerprint density at radius 3 is 1.69 bits per heavy atom. The highest BCUT2D eigenvalue weighted by Crippen LogP contribution is 2.43. The summed E-state index contributed by atoms with van der Waals surface area (Å²) in [7, 11) is 0. The van der Waals surface area contributed by atoms with E-state index >= 15 is 0 Å². The zero-order valence-electron chi connectivity index (χ0n) is 30.6. The minimum Gasteiger partial charge on any atom is -0.365 e. The second-order valence-corrected chi connectivity index (χ2v) is 16.1. The van der Waals surface area contributed by atoms with E-state index in [0.717, 1.165) is 93.8 Å². The fourth-order valence-corrected chi connectivity index (χ4v) is 10.0. The summed E-state index contributed by atoms with van der Waals surface area (Å²) in [6.45, 7) is 5.72. The van der Waals surface area contributed by atoms with Gasteiger partial charge in [0, 0.05) is 67.5 Å². The van der Waals surface area contributed by atoms with Crippen LogP contribution < -0.4 is 0 Å². The Balaban J connectivity index is 1.03. The molecule has 0 saturated carbocycles. The number of benzene rings is 1. The molecule has 10 heteroatoms. The van der Waals surface area contributed by atoms with Gasteiger partial charge >= 0.3 is 0 Å². The van der Waals surface area contributed by atoms with E-state index < -0.39 is 0 Å². The maximum absolute atomic E-state index is 5.34. The van der Waals surface area contributed by atoms with Gasteiger partial charge in [-0.25, -0.2) is 0 Å². The largest absolute Gasteiger partial charge is 0.365 e. The summed E-state index contributed by atoms with van der Waals surface area (Å²) in [4.78, 5) is 33.3. The molecule has 20 bridgehead atoms. The molecule has 1 fully saturated rings. The third-order valence-corrected chi connectivity index (χ3v) is 12.3. The lowest BCUT2D eigenvalue weighted by Gasteiger charge is -2.55. The van der Waals surface area contributed by atoms with Crippen molar-refractivity contribution in [3.63, 3.8) is 0 Å². The molecule has 1 aromatic carbocycles. The lowest BCUT2D eigenvalue weighted by Crippen LogP contribution is -2.68. The topological polar surface area (TPSA) is 61.4 Å². The van der Waals surface area contributed by atoms with Crippen LogP contribution >= 0.6 is 0 Å². The molecule has 1 saturated heterocycles. The Bertz CT molecular complexity index is 2020. The number of hydrogen-bond acceptors (Lipinski definition) is 10. The molecule has 10 heterocycles. The van der Waals surface area contributed by atoms with E-state index in [1.807, 2.05) is 0 Å². The van der Waals surface area contributed by atoms with Gasteiger partial charge in [0.25, 0.3) is 0 Å². The van der Waals surface area contributed by atoms with Gasteiger partial charge in [-0.3, -0.25) is 15.0 Å². The Labute approximate surface area is 317 Å². The number of piperazine rings is 1. The van der Waals surface area contributed by atoms with Crippen LogP contribution in [0.2, 0.25) is 0 Å². The first-order valence-electron chi connectivity index (χ1n) is 19.6. The van der Waals surface area contributed by atoms with Crippen molar-refractivity contribution < 1.29 is 0 Å². The first-order valence-corrected chi connectivity index (χ1v) is 19.6. The van der Waals surface area contributed by atoms with Crippen LogP contribution in [0.25, 0.3) is 0 Å². The van der Waals surface area contributed by atoms with Crippen LogP contribution in [0.15, 0.2) is 128 Å². The van der Waals surface area contributed by atoms with E-state index in [1.54, 1.807) is 0 Å². The van der Waals surface area contributed by atoms with Crippen molar-refractivity contribution in [3.8, 4) is 0 Å². The highest BCUT2D eigenvalue weighted by atomic mass is 15.5. The van der Waals surface area contributed by atoms with Crippen LogP contribution in [-0.4, -0.2) is 86.9 Å². The molecule has 0 aliphatic carbocycles. The summed E-state index contributed by atoms with van der Waals surface area (Å²) >= 11 is 0. The first kappa shape index (κ1) is 31.7. The minimum atomic E-state index is 0.134. The average molecular weight is 715 g/mol. The molecule has 54 heavy (non-hydrogen) atoms. The molecule has 3 aromatic heterocycles. The number of nitrogens with zero attached hydrogens (tertiary/aromatic N) is 10. The third kappa shape index (κ3) is 5.94. The number of fused-ring (bicyclic) bond motifs is 12. The van der Waals surface area contributed by atoms with E-state index in [1.165, 1.54) is 16.8 Å². The van der Waals surface area contributed by atoms with E-state index in [4.69, 9.17) is 15.0 Å². The normalized spacial score (nSPS) is 26.5. The van der Waals surface area contributed by atoms with Gasteiger partial charge < -0.3 is 34.3 Å². The van der Waals surface area contributed by atoms with Crippen molar-refractivity contribution in [1.29, 1.82) is 0 Å². The van der Waals surface area contributed by atoms with Crippen LogP contribution in [-0.2, 0) is 52.0 Å². The lowest BCUT2D eigenvalue weighted by molar-refractivity contribution is -0.0577. The molecule has 0 spiro atoms. The number of hydrogen-bond donors (Lipinski definition) is 0. The van der Waals surface area contributed by atoms with Gasteiger partial charge in [0.1, 0.15) is 6.17 Å². The molecule has 0 N–H and O–H groups in total. The van der Waals surface area contributed by atoms with E-state index in [-0.39, 0.29) is 24.3 Å². The molecular formula is C44H46N10. The van der Waals surface area contributed by atoms with Gasteiger partial charge in [-0.05, 0) is 66.6 Å². The Morgan fingerprint density at radius 2 is 1.00 bits per heavy atom. The Morgan fingerprint density at radius 1 is 0.444 bits per heavy atom. The van der Waals surface area contributed by atoms with E-state index in [0.29, 0.717) is 5.92 Å². The molecule has 272 valence electrons. The molecular weight excluding hydrogens is 669 g/mol. The Kier molecular flexibility index (Phi) is 7.62. The van der Waals surface area contributed by atoms with Gasteiger partial charge in [-0.2, -0.15) is 0 Å². The number of aromatic nitrogens is 3. The second kappa shape index (κ2) is 13.0. The van der Waals surface area contributed by atoms with Crippen LogP contribution in [0.5, 0.6) is 0 Å². The van der Waals surface area contributed by atoms with Gasteiger partial charge in [-0.1, -0.05) is 48.5 Å². The van der Waals surface area contributed by atoms with Crippen LogP contribution in [0.4, 0.5) is 0 Å². The van der Waals surface area contributed by atoms with Crippen molar-refractivity contribution in [3.05, 3.63) is 174 Å². The summed E-state index contributed by atoms with van der Waals surface area (Å²) in [5.41, 5.74) is 9.50. The smallest absolute Gasteiger partial charge is 0.123 e. The third-order valence-electron chi connectivity index (χ3n) is 12.3. The second-order valence-electron chi connectivity index (χ2n) is 16.1. The van der Waals surface area contributed by atoms with E-state index in [2.05, 4.69) is 163 Å². The van der Waals surface area contributed by atoms with Crippen LogP contribution in [0.3, 0.4) is 0 Å². The maximum atomic E-state index is 5.34. The lowest BCUT2D eigenvalue weighted by atomic mass is 9.83. The predicted octanol–water partition coefficient (Wildman–Crippen LogP) is 5.20. The summed E-state index contributed by atoms with van der Waals surface area (Å²) in [5, 5.41) is 0. The summed E-state index contributed by atoms with van der Waals surface area (Å²) < 4.78 is 0. The zero-order chi connectivity index (χ0) is 35.6. The van der Waals surface area contributed by atoms with E-state index in [9.17, 15) is 0 Å². The van der Waals surface area contributed by atoms with Crippen molar-refractivity contribution in [1.82, 2.24) is 49.3 Å². The highest BCUT2D eigenvalue weighted by Gasteiger charge is 2.53. The fraction of sp³-hybridized carbons (Fsp3) is 0.341. The summed E-state index contributed by atoms with van der Waals surface area (Å²) in [6, 6.07) is 29.8. The molecule has 4 aromatic rings. The van der Waals surface area contributed by atoms with Gasteiger partial charge in [-0.15, -0.1) is 0 Å². The molecule has 0 amide bonds. The highest BCUT2D eigenvalue weighted by molar-refractivity contribution is 5.30. The molecule has 0 radical (unpaired) electrons. The van der Waals surface area contributed by atoms with Crippen molar-refractivity contribution in [2.24, 2.45) is 5.92 Å². The molecule has 11 rings (SSSR count). The molecule has 10 nitrogen and oxygen atoms in total. The van der Waals surface area contributed by atoms with Crippen LogP contribution in [0, 0.1) is 5.92 Å². The van der Waals surface area contributed by atoms with Gasteiger partial charge in [0.05, 0.1) is 80.4 Å². The van der Waals surface area contributed by atoms with Crippen molar-refractivity contribution in [2.75, 3.05) is 13.3 Å². The zero-order valence-corrected chi connectivity index (χ0v) is 30.6. The standard InChI is InChI=1S/C44H46N10/c1-5-32-21-33(6-1)25-48-15-16-49(30-48)26-37-9-2-7-35(45-37)23-34-13-14-53-42(22-32)44-52-19-20-54(44)41(43(34)53)24-36-8-3-10-38(46-36)27-50-17-18-51(31-50)28-39-11-4-12-40(29-52)47-39/h1-21,34,41-44H,22-31H2. The summed E-state index contributed by atoms with van der Waals surface area (Å²) in [5.74, 6) is 0.309. The first-order chi connectivity index (χ1) is 26.6. The number of pyridine rings is 3. The molecule has 7 aliphatic heterocycles. The van der Waals surface area contributed by atoms with Gasteiger partial charge in [0.2, 0.25) is 0 Å². The summed E-state index contributed by atoms with van der Waals surface area (Å²) in [6.07, 6.45) is 21.3. The quantitative estimate of drug-likeness (QED) is 0.243. The van der Waals surface area contributed by atoms with Crippen molar-refractivity contribution >= 4 is 0 Å². The minimum absolute atomic E-state index is 0.134. The molecule has 5 unspecified atom stereocenters. The molecule has 5 atom stereocenters. The van der Waals surface area contributed by atoms with Gasteiger partial charge in [0.15, 0.2) is 0 Å². The average Bonchev–Trinajstić information content (AvgIpc) is 3.99. The number of rotatable bonds is 0. The van der Waals surface area contributed by atoms with Crippen molar-refractivity contribution in [2.45, 2.75) is 76.3 Å². The maximum Gasteiger partial charge on any atom is 0.123 e. The fourth-order valence-electron chi connectivity index (χ4n) is 10.0. The SMILES string of the molecule is C1=CN2C3Cc4cccc(c4)CN4C=CN(Cc5cccc(n5)CC1C2C1Cc2cccc(n2)CN2C=CN(Cc5cccc(n5)CN5C=CN1C35)C2)C4. The van der Waals surface area contributed by atoms with Crippen LogP contribution in [0.1, 0.15) is 45.3 Å². The predicted molar refractivity (Wildman–Crippen MR) is 207 cm³/mol. The monoisotopic (exact) mass is 714 g/mol. The Hall–Kier alpha value is -5.77.